The molecule has 0 bridgehead atoms. The lowest BCUT2D eigenvalue weighted by Gasteiger charge is -2.33. The van der Waals surface area contributed by atoms with Crippen molar-refractivity contribution in [3.63, 3.8) is 0 Å². The Kier molecular flexibility index (Phi) is 5.64. The predicted molar refractivity (Wildman–Crippen MR) is 99.9 cm³/mol. The molecule has 0 aliphatic carbocycles. The number of aromatic nitrogens is 2. The smallest absolute Gasteiger partial charge is 0.254 e. The van der Waals surface area contributed by atoms with Crippen molar-refractivity contribution in [1.29, 1.82) is 0 Å². The molecule has 0 unspecified atom stereocenters. The van der Waals surface area contributed by atoms with Crippen LogP contribution in [0.15, 0.2) is 30.3 Å². The van der Waals surface area contributed by atoms with Crippen LogP contribution in [-0.2, 0) is 11.3 Å². The summed E-state index contributed by atoms with van der Waals surface area (Å²) < 4.78 is 5.86. The number of hydrogen-bond donors (Lipinski definition) is 0. The maximum absolute atomic E-state index is 12.9. The lowest BCUT2D eigenvalue weighted by atomic mass is 10.1. The molecule has 1 fully saturated rings. The molecule has 2 heterocycles. The van der Waals surface area contributed by atoms with Gasteiger partial charge in [-0.3, -0.25) is 4.79 Å². The summed E-state index contributed by atoms with van der Waals surface area (Å²) in [6.07, 6.45) is -0.207. The minimum atomic E-state index is -0.207. The van der Waals surface area contributed by atoms with Crippen LogP contribution in [0.3, 0.4) is 0 Å². The molecule has 138 valence electrons. The second kappa shape index (κ2) is 7.93. The molecule has 1 saturated heterocycles. The van der Waals surface area contributed by atoms with E-state index in [1.54, 1.807) is 0 Å². The fourth-order valence-corrected chi connectivity index (χ4v) is 3.22. The third-order valence-electron chi connectivity index (χ3n) is 4.37. The number of nitrogens with zero attached hydrogens (tertiary/aromatic N) is 4. The van der Waals surface area contributed by atoms with Gasteiger partial charge in [-0.05, 0) is 51.7 Å². The molecule has 1 atom stereocenters. The number of aryl methyl sites for hydroxylation is 2. The van der Waals surface area contributed by atoms with Crippen molar-refractivity contribution in [1.82, 2.24) is 19.8 Å². The molecular weight excluding hydrogens is 328 g/mol. The van der Waals surface area contributed by atoms with E-state index in [1.807, 2.05) is 63.2 Å². The molecule has 0 N–H and O–H groups in total. The Morgan fingerprint density at radius 2 is 1.96 bits per heavy atom. The van der Waals surface area contributed by atoms with E-state index in [9.17, 15) is 4.79 Å². The Balaban J connectivity index is 1.71. The highest BCUT2D eigenvalue weighted by Crippen LogP contribution is 2.22. The van der Waals surface area contributed by atoms with E-state index >= 15 is 0 Å². The Morgan fingerprint density at radius 1 is 1.23 bits per heavy atom. The summed E-state index contributed by atoms with van der Waals surface area (Å²) >= 11 is 0. The van der Waals surface area contributed by atoms with Crippen molar-refractivity contribution in [2.45, 2.75) is 26.5 Å². The van der Waals surface area contributed by atoms with Crippen molar-refractivity contribution < 1.29 is 9.53 Å². The Morgan fingerprint density at radius 3 is 2.62 bits per heavy atom. The van der Waals surface area contributed by atoms with Gasteiger partial charge in [0, 0.05) is 24.3 Å². The highest BCUT2D eigenvalue weighted by Gasteiger charge is 2.27. The van der Waals surface area contributed by atoms with Crippen molar-refractivity contribution >= 4 is 5.91 Å². The molecule has 0 spiro atoms. The molecule has 1 aromatic heterocycles. The van der Waals surface area contributed by atoms with Crippen LogP contribution >= 0.6 is 0 Å². The van der Waals surface area contributed by atoms with Gasteiger partial charge in [-0.25, -0.2) is 9.97 Å². The van der Waals surface area contributed by atoms with Crippen LogP contribution in [0.4, 0.5) is 0 Å². The fourth-order valence-electron chi connectivity index (χ4n) is 3.22. The number of hydrogen-bond acceptors (Lipinski definition) is 5. The predicted octanol–water partition coefficient (Wildman–Crippen LogP) is 2.37. The lowest BCUT2D eigenvalue weighted by Crippen LogP contribution is -2.42. The number of ether oxygens (including phenoxy) is 1. The Labute approximate surface area is 154 Å². The minimum absolute atomic E-state index is 0.0391. The molecule has 3 rings (SSSR count). The zero-order valence-electron chi connectivity index (χ0n) is 15.9. The summed E-state index contributed by atoms with van der Waals surface area (Å²) in [4.78, 5) is 25.6. The monoisotopic (exact) mass is 354 g/mol. The summed E-state index contributed by atoms with van der Waals surface area (Å²) in [5.41, 5.74) is 3.66. The molecule has 26 heavy (non-hydrogen) atoms. The van der Waals surface area contributed by atoms with E-state index in [-0.39, 0.29) is 12.0 Å². The van der Waals surface area contributed by atoms with Gasteiger partial charge in [0.2, 0.25) is 0 Å². The quantitative estimate of drug-likeness (QED) is 0.844. The van der Waals surface area contributed by atoms with Crippen LogP contribution in [0.1, 0.15) is 39.2 Å². The van der Waals surface area contributed by atoms with Gasteiger partial charge in [-0.15, -0.1) is 0 Å². The van der Waals surface area contributed by atoms with Crippen molar-refractivity contribution in [3.05, 3.63) is 58.7 Å². The van der Waals surface area contributed by atoms with Crippen LogP contribution in [0.25, 0.3) is 0 Å². The molecule has 1 amide bonds. The van der Waals surface area contributed by atoms with E-state index in [0.717, 1.165) is 23.8 Å². The van der Waals surface area contributed by atoms with Crippen LogP contribution in [0, 0.1) is 13.8 Å². The molecule has 2 aromatic rings. The summed E-state index contributed by atoms with van der Waals surface area (Å²) in [5, 5.41) is 0. The molecule has 0 saturated carbocycles. The standard InChI is InChI=1S/C20H26N4O2/c1-14-11-18(22-15(2)21-14)19-13-24(9-10-26-19)20(25)17-7-5-16(6-8-17)12-23(3)4/h5-8,11,19H,9-10,12-13H2,1-4H3/t19-/m1/s1. The first kappa shape index (κ1) is 18.5. The second-order valence-corrected chi connectivity index (χ2v) is 7.03. The maximum Gasteiger partial charge on any atom is 0.254 e. The fraction of sp³-hybridized carbons (Fsp3) is 0.450. The first-order chi connectivity index (χ1) is 12.4. The van der Waals surface area contributed by atoms with Gasteiger partial charge in [0.05, 0.1) is 18.8 Å². The summed E-state index contributed by atoms with van der Waals surface area (Å²) in [6.45, 7) is 6.29. The normalized spacial score (nSPS) is 17.6. The van der Waals surface area contributed by atoms with Crippen molar-refractivity contribution in [2.24, 2.45) is 0 Å². The summed E-state index contributed by atoms with van der Waals surface area (Å²) in [5.74, 6) is 0.765. The Bertz CT molecular complexity index is 754. The first-order valence-corrected chi connectivity index (χ1v) is 8.89. The number of carbonyl (C=O) groups excluding carboxylic acids is 1. The molecular formula is C20H26N4O2. The maximum atomic E-state index is 12.9. The number of carbonyl (C=O) groups is 1. The molecule has 1 aliphatic heterocycles. The van der Waals surface area contributed by atoms with Gasteiger partial charge in [0.1, 0.15) is 11.9 Å². The summed E-state index contributed by atoms with van der Waals surface area (Å²) in [7, 11) is 4.06. The highest BCUT2D eigenvalue weighted by atomic mass is 16.5. The second-order valence-electron chi connectivity index (χ2n) is 7.03. The largest absolute Gasteiger partial charge is 0.368 e. The van der Waals surface area contributed by atoms with E-state index in [1.165, 1.54) is 5.56 Å². The van der Waals surface area contributed by atoms with Crippen LogP contribution in [0.2, 0.25) is 0 Å². The van der Waals surface area contributed by atoms with Gasteiger partial charge in [0.25, 0.3) is 5.91 Å². The SMILES string of the molecule is Cc1cc([C@H]2CN(C(=O)c3ccc(CN(C)C)cc3)CCO2)nc(C)n1. The molecule has 1 aliphatic rings. The van der Waals surface area contributed by atoms with Gasteiger partial charge in [-0.2, -0.15) is 0 Å². The zero-order chi connectivity index (χ0) is 18.7. The first-order valence-electron chi connectivity index (χ1n) is 8.89. The van der Waals surface area contributed by atoms with E-state index in [0.29, 0.717) is 25.3 Å². The van der Waals surface area contributed by atoms with Gasteiger partial charge >= 0.3 is 0 Å². The molecule has 1 aromatic carbocycles. The summed E-state index contributed by atoms with van der Waals surface area (Å²) in [6, 6.07) is 9.78. The third kappa shape index (κ3) is 4.45. The third-order valence-corrected chi connectivity index (χ3v) is 4.37. The van der Waals surface area contributed by atoms with Gasteiger partial charge in [-0.1, -0.05) is 12.1 Å². The van der Waals surface area contributed by atoms with Crippen molar-refractivity contribution in [3.8, 4) is 0 Å². The van der Waals surface area contributed by atoms with E-state index < -0.39 is 0 Å². The molecule has 6 nitrogen and oxygen atoms in total. The average molecular weight is 354 g/mol. The highest BCUT2D eigenvalue weighted by molar-refractivity contribution is 5.94. The van der Waals surface area contributed by atoms with E-state index in [4.69, 9.17) is 4.74 Å². The van der Waals surface area contributed by atoms with Crippen molar-refractivity contribution in [2.75, 3.05) is 33.8 Å². The number of morpholine rings is 1. The number of rotatable bonds is 4. The average Bonchev–Trinajstić information content (AvgIpc) is 2.60. The lowest BCUT2D eigenvalue weighted by molar-refractivity contribution is -0.0248. The number of benzene rings is 1. The Hall–Kier alpha value is -2.31. The van der Waals surface area contributed by atoms with Gasteiger partial charge in [0.15, 0.2) is 0 Å². The minimum Gasteiger partial charge on any atom is -0.368 e. The van der Waals surface area contributed by atoms with Gasteiger partial charge < -0.3 is 14.5 Å². The molecule has 0 radical (unpaired) electrons. The number of amides is 1. The van der Waals surface area contributed by atoms with E-state index in [2.05, 4.69) is 14.9 Å². The molecule has 6 heteroatoms. The van der Waals surface area contributed by atoms with Crippen LogP contribution in [-0.4, -0.2) is 59.5 Å². The van der Waals surface area contributed by atoms with Crippen LogP contribution < -0.4 is 0 Å². The zero-order valence-corrected chi connectivity index (χ0v) is 15.9. The topological polar surface area (TPSA) is 58.6 Å². The van der Waals surface area contributed by atoms with Crippen LogP contribution in [0.5, 0.6) is 0 Å².